The fraction of sp³-hybridized carbons (Fsp3) is 0.0263. The number of fused-ring (bicyclic) bond motifs is 1. The van der Waals surface area contributed by atoms with Crippen molar-refractivity contribution in [2.45, 2.75) is 6.92 Å². The third-order valence-corrected chi connectivity index (χ3v) is 7.61. The Bertz CT molecular complexity index is 2270. The Kier molecular flexibility index (Phi) is 6.71. The van der Waals surface area contributed by atoms with Gasteiger partial charge in [-0.15, -0.1) is 0 Å². The molecule has 0 saturated heterocycles. The van der Waals surface area contributed by atoms with Crippen molar-refractivity contribution in [3.05, 3.63) is 144 Å². The van der Waals surface area contributed by atoms with Crippen LogP contribution in [0, 0.1) is 29.6 Å². The fourth-order valence-electron chi connectivity index (χ4n) is 5.47. The quantitative estimate of drug-likeness (QED) is 0.209. The maximum atomic E-state index is 10.0. The van der Waals surface area contributed by atoms with Crippen LogP contribution in [0.1, 0.15) is 16.7 Å². The fourth-order valence-corrected chi connectivity index (χ4v) is 5.47. The second-order valence-electron chi connectivity index (χ2n) is 10.5. The van der Waals surface area contributed by atoms with Gasteiger partial charge in [0.2, 0.25) is 0 Å². The normalized spacial score (nSPS) is 10.8. The molecular formula is C38H24N6. The summed E-state index contributed by atoms with van der Waals surface area (Å²) in [4.78, 5) is 14.5. The van der Waals surface area contributed by atoms with Crippen molar-refractivity contribution in [2.75, 3.05) is 0 Å². The second kappa shape index (κ2) is 11.1. The largest absolute Gasteiger partial charge is 0.316 e. The van der Waals surface area contributed by atoms with E-state index in [1.165, 1.54) is 10.9 Å². The highest BCUT2D eigenvalue weighted by atomic mass is 15.0. The third-order valence-electron chi connectivity index (χ3n) is 7.61. The highest BCUT2D eigenvalue weighted by Crippen LogP contribution is 2.32. The zero-order valence-electron chi connectivity index (χ0n) is 23.8. The molecule has 0 aliphatic rings. The maximum absolute atomic E-state index is 10.0. The number of benzene rings is 5. The SMILES string of the molecule is Cc1cn(-c2cccc(-c3cc(C#N)cc(-c4nc(-c5ccccc5)nc(-c5cccc(C#N)c5)n4)c3)c2)c2ccccc12. The third kappa shape index (κ3) is 4.98. The van der Waals surface area contributed by atoms with Gasteiger partial charge in [-0.2, -0.15) is 10.5 Å². The van der Waals surface area contributed by atoms with Crippen molar-refractivity contribution in [2.24, 2.45) is 0 Å². The van der Waals surface area contributed by atoms with Crippen LogP contribution in [0.3, 0.4) is 0 Å². The van der Waals surface area contributed by atoms with E-state index in [0.717, 1.165) is 27.9 Å². The van der Waals surface area contributed by atoms with E-state index in [1.54, 1.807) is 18.2 Å². The summed E-state index contributed by atoms with van der Waals surface area (Å²) in [7, 11) is 0. The van der Waals surface area contributed by atoms with Crippen molar-refractivity contribution in [1.82, 2.24) is 19.5 Å². The summed E-state index contributed by atoms with van der Waals surface area (Å²) >= 11 is 0. The molecule has 0 aliphatic carbocycles. The first-order valence-corrected chi connectivity index (χ1v) is 14.1. The molecule has 0 fully saturated rings. The standard InChI is InChI=1S/C38H24N6/c1-25-24-44(35-16-6-5-15-34(25)35)33-14-8-12-29(21-33)31-18-27(23-40)19-32(20-31)38-42-36(28-10-3-2-4-11-28)41-37(43-38)30-13-7-9-26(17-30)22-39/h2-21,24H,1H3. The molecule has 2 aromatic heterocycles. The monoisotopic (exact) mass is 564 g/mol. The first-order valence-electron chi connectivity index (χ1n) is 14.1. The molecule has 0 amide bonds. The molecule has 44 heavy (non-hydrogen) atoms. The highest BCUT2D eigenvalue weighted by Gasteiger charge is 2.15. The zero-order valence-corrected chi connectivity index (χ0v) is 23.8. The minimum Gasteiger partial charge on any atom is -0.316 e. The molecule has 206 valence electrons. The van der Waals surface area contributed by atoms with Gasteiger partial charge in [-0.3, -0.25) is 0 Å². The Morgan fingerprint density at radius 3 is 1.93 bits per heavy atom. The summed E-state index contributed by atoms with van der Waals surface area (Å²) in [5.74, 6) is 1.40. The topological polar surface area (TPSA) is 91.2 Å². The van der Waals surface area contributed by atoms with Gasteiger partial charge in [-0.25, -0.2) is 15.0 Å². The van der Waals surface area contributed by atoms with Crippen LogP contribution in [-0.4, -0.2) is 19.5 Å². The Hall–Kier alpha value is -6.37. The van der Waals surface area contributed by atoms with Crippen LogP contribution < -0.4 is 0 Å². The van der Waals surface area contributed by atoms with E-state index in [-0.39, 0.29) is 0 Å². The Balaban J connectivity index is 1.38. The predicted octanol–water partition coefficient (Wildman–Crippen LogP) is 8.54. The van der Waals surface area contributed by atoms with Crippen molar-refractivity contribution >= 4 is 10.9 Å². The van der Waals surface area contributed by atoms with Crippen molar-refractivity contribution in [1.29, 1.82) is 10.5 Å². The summed E-state index contributed by atoms with van der Waals surface area (Å²) < 4.78 is 2.20. The number of rotatable bonds is 5. The molecule has 0 radical (unpaired) electrons. The smallest absolute Gasteiger partial charge is 0.164 e. The first-order chi connectivity index (χ1) is 21.6. The van der Waals surface area contributed by atoms with Gasteiger partial charge in [0.1, 0.15) is 0 Å². The Morgan fingerprint density at radius 1 is 0.523 bits per heavy atom. The van der Waals surface area contributed by atoms with Crippen LogP contribution in [0.25, 0.3) is 61.9 Å². The molecule has 0 N–H and O–H groups in total. The number of nitrogens with zero attached hydrogens (tertiary/aromatic N) is 6. The summed E-state index contributed by atoms with van der Waals surface area (Å²) in [6, 6.07) is 43.8. The van der Waals surface area contributed by atoms with Gasteiger partial charge in [0, 0.05) is 34.0 Å². The van der Waals surface area contributed by atoms with Crippen LogP contribution >= 0.6 is 0 Å². The van der Waals surface area contributed by atoms with Gasteiger partial charge in [0.15, 0.2) is 17.5 Å². The number of aromatic nitrogens is 4. The van der Waals surface area contributed by atoms with Gasteiger partial charge >= 0.3 is 0 Å². The Labute approximate surface area is 254 Å². The molecule has 6 nitrogen and oxygen atoms in total. The van der Waals surface area contributed by atoms with E-state index >= 15 is 0 Å². The zero-order chi connectivity index (χ0) is 30.0. The van der Waals surface area contributed by atoms with Crippen LogP contribution in [0.2, 0.25) is 0 Å². The number of hydrogen-bond donors (Lipinski definition) is 0. The lowest BCUT2D eigenvalue weighted by atomic mass is 9.99. The number of hydrogen-bond acceptors (Lipinski definition) is 5. The van der Waals surface area contributed by atoms with E-state index < -0.39 is 0 Å². The lowest BCUT2D eigenvalue weighted by Crippen LogP contribution is -2.01. The molecule has 5 aromatic carbocycles. The average molecular weight is 565 g/mol. The average Bonchev–Trinajstić information content (AvgIpc) is 3.44. The molecule has 0 unspecified atom stereocenters. The van der Waals surface area contributed by atoms with E-state index in [4.69, 9.17) is 15.0 Å². The van der Waals surface area contributed by atoms with Crippen molar-refractivity contribution < 1.29 is 0 Å². The summed E-state index contributed by atoms with van der Waals surface area (Å²) in [6.07, 6.45) is 2.15. The van der Waals surface area contributed by atoms with Gasteiger partial charge in [-0.1, -0.05) is 72.8 Å². The van der Waals surface area contributed by atoms with Gasteiger partial charge < -0.3 is 4.57 Å². The Morgan fingerprint density at radius 2 is 1.14 bits per heavy atom. The van der Waals surface area contributed by atoms with E-state index in [0.29, 0.717) is 39.7 Å². The molecule has 0 saturated carbocycles. The first kappa shape index (κ1) is 26.5. The lowest BCUT2D eigenvalue weighted by molar-refractivity contribution is 1.07. The molecule has 7 rings (SSSR count). The molecule has 0 spiro atoms. The van der Waals surface area contributed by atoms with Crippen LogP contribution in [0.15, 0.2) is 128 Å². The summed E-state index contributed by atoms with van der Waals surface area (Å²) in [5.41, 5.74) is 8.49. The number of para-hydroxylation sites is 1. The lowest BCUT2D eigenvalue weighted by Gasteiger charge is -2.12. The maximum Gasteiger partial charge on any atom is 0.164 e. The molecule has 7 aromatic rings. The van der Waals surface area contributed by atoms with Crippen molar-refractivity contribution in [3.63, 3.8) is 0 Å². The van der Waals surface area contributed by atoms with E-state index in [2.05, 4.69) is 60.2 Å². The van der Waals surface area contributed by atoms with Crippen LogP contribution in [0.5, 0.6) is 0 Å². The van der Waals surface area contributed by atoms with Gasteiger partial charge in [0.05, 0.1) is 28.8 Å². The molecule has 0 aliphatic heterocycles. The van der Waals surface area contributed by atoms with Crippen LogP contribution in [0.4, 0.5) is 0 Å². The predicted molar refractivity (Wildman–Crippen MR) is 173 cm³/mol. The van der Waals surface area contributed by atoms with Gasteiger partial charge in [0.25, 0.3) is 0 Å². The second-order valence-corrected chi connectivity index (χ2v) is 10.5. The van der Waals surface area contributed by atoms with Gasteiger partial charge in [-0.05, 0) is 72.1 Å². The molecule has 0 bridgehead atoms. The summed E-state index contributed by atoms with van der Waals surface area (Å²) in [5, 5.41) is 20.7. The van der Waals surface area contributed by atoms with E-state index in [9.17, 15) is 10.5 Å². The summed E-state index contributed by atoms with van der Waals surface area (Å²) in [6.45, 7) is 2.12. The van der Waals surface area contributed by atoms with Crippen LogP contribution in [-0.2, 0) is 0 Å². The molecular weight excluding hydrogens is 540 g/mol. The minimum absolute atomic E-state index is 0.442. The molecule has 0 atom stereocenters. The highest BCUT2D eigenvalue weighted by molar-refractivity contribution is 5.86. The molecule has 2 heterocycles. The molecule has 6 heteroatoms. The minimum atomic E-state index is 0.442. The number of nitriles is 2. The van der Waals surface area contributed by atoms with E-state index in [1.807, 2.05) is 72.8 Å². The number of aryl methyl sites for hydroxylation is 1. The van der Waals surface area contributed by atoms with Crippen molar-refractivity contribution in [3.8, 4) is 63.1 Å².